The summed E-state index contributed by atoms with van der Waals surface area (Å²) in [6.45, 7) is 5.89. The number of rotatable bonds is 15. The van der Waals surface area contributed by atoms with Crippen molar-refractivity contribution in [2.75, 3.05) is 0 Å². The van der Waals surface area contributed by atoms with E-state index in [0.717, 1.165) is 56.1 Å². The lowest BCUT2D eigenvalue weighted by Gasteiger charge is -2.16. The summed E-state index contributed by atoms with van der Waals surface area (Å²) in [4.78, 5) is 23.3. The topological polar surface area (TPSA) is 94.8 Å². The Morgan fingerprint density at radius 3 is 2.41 bits per heavy atom. The Hall–Kier alpha value is -1.46. The van der Waals surface area contributed by atoms with Gasteiger partial charge in [0.15, 0.2) is 5.78 Å². The van der Waals surface area contributed by atoms with E-state index in [1.165, 1.54) is 0 Å². The predicted molar refractivity (Wildman–Crippen MR) is 116 cm³/mol. The molecule has 3 atom stereocenters. The van der Waals surface area contributed by atoms with E-state index in [-0.39, 0.29) is 24.0 Å². The highest BCUT2D eigenvalue weighted by atomic mass is 16.4. The number of carboxylic acids is 1. The largest absolute Gasteiger partial charge is 0.481 e. The first-order chi connectivity index (χ1) is 13.8. The number of hydrogen-bond donors (Lipinski definition) is 3. The molecular weight excluding hydrogens is 368 g/mol. The van der Waals surface area contributed by atoms with Crippen LogP contribution in [0.4, 0.5) is 0 Å². The van der Waals surface area contributed by atoms with Crippen LogP contribution in [0, 0.1) is 11.8 Å². The van der Waals surface area contributed by atoms with Gasteiger partial charge in [0.25, 0.3) is 0 Å². The molecule has 0 saturated carbocycles. The molecule has 0 radical (unpaired) electrons. The van der Waals surface area contributed by atoms with Crippen LogP contribution < -0.4 is 0 Å². The molecule has 0 heterocycles. The third-order valence-electron chi connectivity index (χ3n) is 5.67. The highest BCUT2D eigenvalue weighted by Gasteiger charge is 2.35. The monoisotopic (exact) mass is 408 g/mol. The molecule has 29 heavy (non-hydrogen) atoms. The third-order valence-corrected chi connectivity index (χ3v) is 5.67. The van der Waals surface area contributed by atoms with Gasteiger partial charge in [-0.2, -0.15) is 0 Å². The average molecular weight is 409 g/mol. The van der Waals surface area contributed by atoms with E-state index in [1.807, 2.05) is 19.9 Å². The second-order valence-corrected chi connectivity index (χ2v) is 8.58. The lowest BCUT2D eigenvalue weighted by molar-refractivity contribution is -0.137. The fourth-order valence-electron chi connectivity index (χ4n) is 3.96. The van der Waals surface area contributed by atoms with Gasteiger partial charge in [-0.15, -0.1) is 0 Å². The molecule has 1 rings (SSSR count). The van der Waals surface area contributed by atoms with Crippen LogP contribution in [0.15, 0.2) is 23.3 Å². The number of aliphatic hydroxyl groups is 2. The second kappa shape index (κ2) is 13.7. The Labute approximate surface area is 175 Å². The molecule has 0 unspecified atom stereocenters. The number of unbranched alkanes of at least 4 members (excludes halogenated alkanes) is 5. The predicted octanol–water partition coefficient (Wildman–Crippen LogP) is 4.81. The molecule has 3 N–H and O–H groups in total. The number of carbonyl (C=O) groups excluding carboxylic acids is 1. The van der Waals surface area contributed by atoms with Crippen LogP contribution >= 0.6 is 0 Å². The maximum Gasteiger partial charge on any atom is 0.303 e. The van der Waals surface area contributed by atoms with Crippen LogP contribution in [-0.4, -0.2) is 39.3 Å². The van der Waals surface area contributed by atoms with E-state index in [4.69, 9.17) is 5.11 Å². The number of aliphatic carboxylic acids is 1. The molecule has 0 saturated heterocycles. The highest BCUT2D eigenvalue weighted by Crippen LogP contribution is 2.38. The Morgan fingerprint density at radius 2 is 1.79 bits per heavy atom. The van der Waals surface area contributed by atoms with E-state index in [0.29, 0.717) is 19.3 Å². The summed E-state index contributed by atoms with van der Waals surface area (Å²) in [6, 6.07) is 0. The molecule has 5 nitrogen and oxygen atoms in total. The average Bonchev–Trinajstić information content (AvgIpc) is 2.97. The lowest BCUT2D eigenvalue weighted by Crippen LogP contribution is -2.15. The van der Waals surface area contributed by atoms with E-state index >= 15 is 0 Å². The van der Waals surface area contributed by atoms with Crippen molar-refractivity contribution >= 4 is 11.8 Å². The van der Waals surface area contributed by atoms with E-state index < -0.39 is 18.2 Å². The van der Waals surface area contributed by atoms with Gasteiger partial charge in [-0.25, -0.2) is 0 Å². The SMILES string of the molecule is CCCCC[C@H](O)C=C[C@@H]1C(CCCCCCC(=O)O)=C(C(=O)C(C)C)C[C@H]1O. The maximum atomic E-state index is 12.7. The Kier molecular flexibility index (Phi) is 12.1. The fraction of sp³-hybridized carbons (Fsp3) is 0.750. The van der Waals surface area contributed by atoms with Crippen LogP contribution in [0.2, 0.25) is 0 Å². The molecule has 0 fully saturated rings. The summed E-state index contributed by atoms with van der Waals surface area (Å²) in [5.74, 6) is -0.985. The summed E-state index contributed by atoms with van der Waals surface area (Å²) in [7, 11) is 0. The molecule has 1 aliphatic carbocycles. The van der Waals surface area contributed by atoms with Crippen molar-refractivity contribution in [1.29, 1.82) is 0 Å². The number of carbonyl (C=O) groups is 2. The molecule has 0 bridgehead atoms. The van der Waals surface area contributed by atoms with Crippen molar-refractivity contribution in [1.82, 2.24) is 0 Å². The molecule has 0 spiro atoms. The minimum Gasteiger partial charge on any atom is -0.481 e. The van der Waals surface area contributed by atoms with Gasteiger partial charge < -0.3 is 15.3 Å². The van der Waals surface area contributed by atoms with E-state index in [1.54, 1.807) is 6.08 Å². The zero-order valence-corrected chi connectivity index (χ0v) is 18.4. The van der Waals surface area contributed by atoms with Crippen molar-refractivity contribution in [3.05, 3.63) is 23.3 Å². The summed E-state index contributed by atoms with van der Waals surface area (Å²) in [5.41, 5.74) is 1.76. The molecule has 0 amide bonds. The van der Waals surface area contributed by atoms with Crippen molar-refractivity contribution in [3.63, 3.8) is 0 Å². The van der Waals surface area contributed by atoms with Crippen molar-refractivity contribution in [2.45, 2.75) is 104 Å². The molecule has 1 aliphatic rings. The number of carboxylic acid groups (broad SMARTS) is 1. The zero-order valence-electron chi connectivity index (χ0n) is 18.4. The smallest absolute Gasteiger partial charge is 0.303 e. The van der Waals surface area contributed by atoms with E-state index in [9.17, 15) is 19.8 Å². The van der Waals surface area contributed by atoms with Gasteiger partial charge >= 0.3 is 5.97 Å². The Morgan fingerprint density at radius 1 is 1.10 bits per heavy atom. The van der Waals surface area contributed by atoms with Crippen LogP contribution in [0.25, 0.3) is 0 Å². The third kappa shape index (κ3) is 9.26. The molecular formula is C24H40O5. The van der Waals surface area contributed by atoms with Gasteiger partial charge in [0.1, 0.15) is 0 Å². The van der Waals surface area contributed by atoms with Gasteiger partial charge in [0.05, 0.1) is 12.2 Å². The number of aliphatic hydroxyl groups excluding tert-OH is 2. The summed E-state index contributed by atoms with van der Waals surface area (Å²) >= 11 is 0. The molecule has 0 aliphatic heterocycles. The normalized spacial score (nSPS) is 20.8. The highest BCUT2D eigenvalue weighted by molar-refractivity contribution is 5.98. The molecule has 0 aromatic carbocycles. The second-order valence-electron chi connectivity index (χ2n) is 8.58. The first-order valence-electron chi connectivity index (χ1n) is 11.3. The quantitative estimate of drug-likeness (QED) is 0.267. The summed E-state index contributed by atoms with van der Waals surface area (Å²) < 4.78 is 0. The summed E-state index contributed by atoms with van der Waals surface area (Å²) in [6.07, 6.45) is 11.0. The number of hydrogen-bond acceptors (Lipinski definition) is 4. The molecule has 0 aromatic rings. The van der Waals surface area contributed by atoms with Crippen LogP contribution in [0.3, 0.4) is 0 Å². The number of ketones is 1. The maximum absolute atomic E-state index is 12.7. The molecule has 0 aromatic heterocycles. The number of Topliss-reactive ketones (excluding diaryl/α,β-unsaturated/α-hetero) is 1. The lowest BCUT2D eigenvalue weighted by atomic mass is 9.90. The van der Waals surface area contributed by atoms with Crippen molar-refractivity contribution in [2.24, 2.45) is 11.8 Å². The summed E-state index contributed by atoms with van der Waals surface area (Å²) in [5, 5.41) is 29.5. The van der Waals surface area contributed by atoms with Gasteiger partial charge in [0.2, 0.25) is 0 Å². The Balaban J connectivity index is 2.77. The standard InChI is InChI=1S/C24H40O5/c1-4-5-8-11-18(25)14-15-20-19(12-9-6-7-10-13-23(27)28)21(16-22(20)26)24(29)17(2)3/h14-15,17-18,20,22,25-26H,4-13,16H2,1-3H3,(H,27,28)/t18-,20+,22+/m0/s1. The van der Waals surface area contributed by atoms with Crippen LogP contribution in [-0.2, 0) is 9.59 Å². The Bertz CT molecular complexity index is 576. The molecule has 5 heteroatoms. The minimum atomic E-state index is -0.765. The first kappa shape index (κ1) is 25.6. The molecule has 166 valence electrons. The zero-order chi connectivity index (χ0) is 21.8. The first-order valence-corrected chi connectivity index (χ1v) is 11.3. The van der Waals surface area contributed by atoms with Crippen LogP contribution in [0.5, 0.6) is 0 Å². The van der Waals surface area contributed by atoms with Gasteiger partial charge in [-0.1, -0.05) is 70.6 Å². The fourth-order valence-corrected chi connectivity index (χ4v) is 3.96. The van der Waals surface area contributed by atoms with Gasteiger partial charge in [0, 0.05) is 24.7 Å². The van der Waals surface area contributed by atoms with Gasteiger partial charge in [-0.3, -0.25) is 9.59 Å². The minimum absolute atomic E-state index is 0.101. The van der Waals surface area contributed by atoms with E-state index in [2.05, 4.69) is 6.92 Å². The van der Waals surface area contributed by atoms with Crippen molar-refractivity contribution in [3.8, 4) is 0 Å². The van der Waals surface area contributed by atoms with Gasteiger partial charge in [-0.05, 0) is 31.3 Å². The van der Waals surface area contributed by atoms with Crippen molar-refractivity contribution < 1.29 is 24.9 Å². The van der Waals surface area contributed by atoms with Crippen LogP contribution in [0.1, 0.15) is 91.4 Å².